The minimum absolute atomic E-state index is 0.0208. The van der Waals surface area contributed by atoms with Crippen molar-refractivity contribution in [3.05, 3.63) is 22.7 Å². The maximum absolute atomic E-state index is 12.3. The van der Waals surface area contributed by atoms with Gasteiger partial charge in [-0.3, -0.25) is 4.79 Å². The number of carboxylic acids is 1. The number of sulfonamides is 1. The van der Waals surface area contributed by atoms with Gasteiger partial charge in [0.2, 0.25) is 10.0 Å². The Kier molecular flexibility index (Phi) is 6.83. The van der Waals surface area contributed by atoms with Gasteiger partial charge in [-0.2, -0.15) is 0 Å². The third-order valence-corrected chi connectivity index (χ3v) is 4.88. The molecule has 1 atom stereocenters. The molecule has 0 spiro atoms. The zero-order valence-electron chi connectivity index (χ0n) is 12.7. The number of hydrogen-bond acceptors (Lipinski definition) is 4. The van der Waals surface area contributed by atoms with Gasteiger partial charge in [0.25, 0.3) is 0 Å². The van der Waals surface area contributed by atoms with Crippen LogP contribution in [0.15, 0.2) is 27.6 Å². The van der Waals surface area contributed by atoms with Crippen LogP contribution < -0.4 is 9.46 Å². The van der Waals surface area contributed by atoms with Crippen LogP contribution in [0.4, 0.5) is 0 Å². The van der Waals surface area contributed by atoms with Crippen molar-refractivity contribution in [2.75, 3.05) is 13.7 Å². The van der Waals surface area contributed by atoms with Gasteiger partial charge in [0.15, 0.2) is 0 Å². The number of ether oxygens (including phenoxy) is 1. The van der Waals surface area contributed by atoms with Crippen molar-refractivity contribution in [2.24, 2.45) is 11.8 Å². The van der Waals surface area contributed by atoms with Crippen molar-refractivity contribution in [3.8, 4) is 5.75 Å². The van der Waals surface area contributed by atoms with E-state index in [0.717, 1.165) is 0 Å². The summed E-state index contributed by atoms with van der Waals surface area (Å²) in [6.07, 6.45) is 0.402. The van der Waals surface area contributed by atoms with Crippen LogP contribution >= 0.6 is 15.9 Å². The maximum Gasteiger partial charge on any atom is 0.307 e. The second kappa shape index (κ2) is 7.94. The molecule has 0 saturated heterocycles. The Bertz CT molecular complexity index is 630. The van der Waals surface area contributed by atoms with Crippen molar-refractivity contribution in [1.82, 2.24) is 4.72 Å². The number of methoxy groups -OCH3 is 1. The highest BCUT2D eigenvalue weighted by Gasteiger charge is 2.23. The second-order valence-corrected chi connectivity index (χ2v) is 8.03. The summed E-state index contributed by atoms with van der Waals surface area (Å²) in [6.45, 7) is 3.64. The van der Waals surface area contributed by atoms with E-state index in [2.05, 4.69) is 20.7 Å². The number of hydrogen-bond donors (Lipinski definition) is 2. The van der Waals surface area contributed by atoms with E-state index >= 15 is 0 Å². The SMILES string of the molecule is COc1cc(Br)cc(S(=O)(=O)NCC(CC(C)C)C(=O)O)c1. The molecule has 0 radical (unpaired) electrons. The fourth-order valence-corrected chi connectivity index (χ4v) is 3.71. The van der Waals surface area contributed by atoms with Gasteiger partial charge in [-0.1, -0.05) is 29.8 Å². The number of carboxylic acid groups (broad SMARTS) is 1. The molecule has 1 aromatic carbocycles. The second-order valence-electron chi connectivity index (χ2n) is 5.34. The monoisotopic (exact) mass is 393 g/mol. The number of halogens is 1. The van der Waals surface area contributed by atoms with E-state index in [0.29, 0.717) is 16.6 Å². The molecule has 0 amide bonds. The molecule has 6 nitrogen and oxygen atoms in total. The Morgan fingerprint density at radius 1 is 1.36 bits per heavy atom. The van der Waals surface area contributed by atoms with Crippen molar-refractivity contribution in [2.45, 2.75) is 25.2 Å². The molecule has 0 aliphatic heterocycles. The molecule has 1 unspecified atom stereocenters. The molecule has 0 fully saturated rings. The Morgan fingerprint density at radius 2 is 2.00 bits per heavy atom. The number of nitrogens with one attached hydrogen (secondary N) is 1. The Labute approximate surface area is 139 Å². The van der Waals surface area contributed by atoms with Gasteiger partial charge in [-0.25, -0.2) is 13.1 Å². The lowest BCUT2D eigenvalue weighted by molar-refractivity contribution is -0.142. The Balaban J connectivity index is 2.91. The fraction of sp³-hybridized carbons (Fsp3) is 0.500. The predicted molar refractivity (Wildman–Crippen MR) is 86.5 cm³/mol. The van der Waals surface area contributed by atoms with E-state index in [1.54, 1.807) is 6.07 Å². The van der Waals surface area contributed by atoms with Gasteiger partial charge >= 0.3 is 5.97 Å². The number of aliphatic carboxylic acids is 1. The third-order valence-electron chi connectivity index (χ3n) is 3.02. The van der Waals surface area contributed by atoms with E-state index in [-0.39, 0.29) is 17.4 Å². The smallest absolute Gasteiger partial charge is 0.307 e. The standard InChI is InChI=1S/C14H20BrNO5S/c1-9(2)4-10(14(17)18)8-16-22(19,20)13-6-11(15)5-12(7-13)21-3/h5-7,9-10,16H,4,8H2,1-3H3,(H,17,18). The summed E-state index contributed by atoms with van der Waals surface area (Å²) in [5, 5.41) is 9.15. The van der Waals surface area contributed by atoms with Crippen molar-refractivity contribution in [1.29, 1.82) is 0 Å². The van der Waals surface area contributed by atoms with Crippen LogP contribution in [0.25, 0.3) is 0 Å². The summed E-state index contributed by atoms with van der Waals surface area (Å²) >= 11 is 3.22. The molecular formula is C14H20BrNO5S. The fourth-order valence-electron chi connectivity index (χ4n) is 1.94. The molecule has 0 aliphatic rings. The summed E-state index contributed by atoms with van der Waals surface area (Å²) in [4.78, 5) is 11.2. The average Bonchev–Trinajstić information content (AvgIpc) is 2.42. The first kappa shape index (κ1) is 18.9. The van der Waals surface area contributed by atoms with E-state index in [1.807, 2.05) is 13.8 Å². The van der Waals surface area contributed by atoms with E-state index < -0.39 is 21.9 Å². The van der Waals surface area contributed by atoms with E-state index in [1.165, 1.54) is 19.2 Å². The van der Waals surface area contributed by atoms with Crippen LogP contribution in [0.1, 0.15) is 20.3 Å². The molecule has 22 heavy (non-hydrogen) atoms. The molecule has 0 aliphatic carbocycles. The van der Waals surface area contributed by atoms with Gasteiger partial charge in [0.1, 0.15) is 5.75 Å². The van der Waals surface area contributed by atoms with Gasteiger partial charge in [0, 0.05) is 17.1 Å². The molecule has 0 bridgehead atoms. The first-order chi connectivity index (χ1) is 10.2. The molecule has 1 aromatic rings. The van der Waals surface area contributed by atoms with Crippen LogP contribution in [-0.4, -0.2) is 33.1 Å². The number of benzene rings is 1. The van der Waals surface area contributed by atoms with Gasteiger partial charge in [0.05, 0.1) is 17.9 Å². The molecule has 8 heteroatoms. The van der Waals surface area contributed by atoms with E-state index in [4.69, 9.17) is 9.84 Å². The first-order valence-corrected chi connectivity index (χ1v) is 9.00. The van der Waals surface area contributed by atoms with Crippen LogP contribution in [0.5, 0.6) is 5.75 Å². The summed E-state index contributed by atoms with van der Waals surface area (Å²) in [5.41, 5.74) is 0. The molecule has 0 heterocycles. The Hall–Kier alpha value is -1.12. The number of carbonyl (C=O) groups is 1. The topological polar surface area (TPSA) is 92.7 Å². The zero-order valence-corrected chi connectivity index (χ0v) is 15.1. The molecule has 124 valence electrons. The normalized spacial score (nSPS) is 13.1. The van der Waals surface area contributed by atoms with Crippen LogP contribution in [0.2, 0.25) is 0 Å². The zero-order chi connectivity index (χ0) is 16.9. The Morgan fingerprint density at radius 3 is 2.50 bits per heavy atom. The summed E-state index contributed by atoms with van der Waals surface area (Å²) < 4.78 is 32.5. The van der Waals surface area contributed by atoms with Gasteiger partial charge in [-0.05, 0) is 24.5 Å². The highest BCUT2D eigenvalue weighted by atomic mass is 79.9. The lowest BCUT2D eigenvalue weighted by Crippen LogP contribution is -2.33. The predicted octanol–water partition coefficient (Wildman–Crippen LogP) is 2.48. The number of rotatable bonds is 8. The van der Waals surface area contributed by atoms with Crippen LogP contribution in [0, 0.1) is 11.8 Å². The van der Waals surface area contributed by atoms with Gasteiger partial charge in [-0.15, -0.1) is 0 Å². The minimum Gasteiger partial charge on any atom is -0.497 e. The highest BCUT2D eigenvalue weighted by molar-refractivity contribution is 9.10. The average molecular weight is 394 g/mol. The summed E-state index contributed by atoms with van der Waals surface area (Å²) in [5.74, 6) is -1.21. The van der Waals surface area contributed by atoms with Gasteiger partial charge < -0.3 is 9.84 Å². The van der Waals surface area contributed by atoms with Crippen molar-refractivity contribution in [3.63, 3.8) is 0 Å². The highest BCUT2D eigenvalue weighted by Crippen LogP contribution is 2.24. The van der Waals surface area contributed by atoms with Crippen LogP contribution in [0.3, 0.4) is 0 Å². The molecule has 0 aromatic heterocycles. The van der Waals surface area contributed by atoms with Crippen LogP contribution in [-0.2, 0) is 14.8 Å². The van der Waals surface area contributed by atoms with Crippen molar-refractivity contribution < 1.29 is 23.1 Å². The largest absolute Gasteiger partial charge is 0.497 e. The maximum atomic E-state index is 12.3. The van der Waals surface area contributed by atoms with Crippen molar-refractivity contribution >= 4 is 31.9 Å². The lowest BCUT2D eigenvalue weighted by Gasteiger charge is -2.16. The first-order valence-electron chi connectivity index (χ1n) is 6.72. The third kappa shape index (κ3) is 5.58. The summed E-state index contributed by atoms with van der Waals surface area (Å²) in [7, 11) is -2.36. The molecule has 0 saturated carbocycles. The molecule has 1 rings (SSSR count). The lowest BCUT2D eigenvalue weighted by atomic mass is 9.98. The minimum atomic E-state index is -3.80. The quantitative estimate of drug-likeness (QED) is 0.707. The molecule has 2 N–H and O–H groups in total. The molecular weight excluding hydrogens is 374 g/mol. The summed E-state index contributed by atoms with van der Waals surface area (Å²) in [6, 6.07) is 4.45. The van der Waals surface area contributed by atoms with E-state index in [9.17, 15) is 13.2 Å².